The summed E-state index contributed by atoms with van der Waals surface area (Å²) in [4.78, 5) is 16.7. The van der Waals surface area contributed by atoms with Crippen molar-refractivity contribution in [3.05, 3.63) is 28.2 Å². The first-order valence-corrected chi connectivity index (χ1v) is 8.56. The lowest BCUT2D eigenvalue weighted by atomic mass is 9.92. The highest BCUT2D eigenvalue weighted by Crippen LogP contribution is 2.24. The first-order chi connectivity index (χ1) is 10.3. The topological polar surface area (TPSA) is 43.8 Å². The van der Waals surface area contributed by atoms with Gasteiger partial charge in [-0.05, 0) is 36.6 Å². The summed E-state index contributed by atoms with van der Waals surface area (Å²) < 4.78 is 0.772. The zero-order valence-corrected chi connectivity index (χ0v) is 15.2. The molecule has 0 atom stereocenters. The van der Waals surface area contributed by atoms with Gasteiger partial charge in [-0.3, -0.25) is 9.69 Å². The molecule has 22 heavy (non-hydrogen) atoms. The Morgan fingerprint density at radius 2 is 1.86 bits per heavy atom. The second kappa shape index (κ2) is 7.01. The van der Waals surface area contributed by atoms with Crippen LogP contribution in [0, 0.1) is 5.41 Å². The van der Waals surface area contributed by atoms with Gasteiger partial charge in [-0.2, -0.15) is 0 Å². The summed E-state index contributed by atoms with van der Waals surface area (Å²) in [5.41, 5.74) is 0.724. The number of hydrogen-bond donors (Lipinski definition) is 1. The van der Waals surface area contributed by atoms with Gasteiger partial charge in [-0.1, -0.05) is 36.7 Å². The van der Waals surface area contributed by atoms with Crippen LogP contribution in [0.4, 0.5) is 0 Å². The van der Waals surface area contributed by atoms with E-state index in [0.717, 1.165) is 43.6 Å². The highest BCUT2D eigenvalue weighted by molar-refractivity contribution is 9.10. The molecule has 1 saturated heterocycles. The minimum atomic E-state index is -0.0829. The van der Waals surface area contributed by atoms with Gasteiger partial charge in [0.25, 0.3) is 5.91 Å². The van der Waals surface area contributed by atoms with Crippen molar-refractivity contribution < 1.29 is 9.90 Å². The molecule has 1 aromatic carbocycles. The van der Waals surface area contributed by atoms with Gasteiger partial charge in [-0.15, -0.1) is 0 Å². The van der Waals surface area contributed by atoms with Crippen molar-refractivity contribution in [1.29, 1.82) is 0 Å². The van der Waals surface area contributed by atoms with Crippen LogP contribution in [0.5, 0.6) is 5.75 Å². The predicted molar refractivity (Wildman–Crippen MR) is 92.2 cm³/mol. The molecule has 1 aliphatic heterocycles. The van der Waals surface area contributed by atoms with E-state index in [2.05, 4.69) is 41.6 Å². The summed E-state index contributed by atoms with van der Waals surface area (Å²) in [5.74, 6) is -0.0463. The van der Waals surface area contributed by atoms with Gasteiger partial charge < -0.3 is 10.0 Å². The Bertz CT molecular complexity index is 532. The highest BCUT2D eigenvalue weighted by Gasteiger charge is 2.24. The van der Waals surface area contributed by atoms with Crippen LogP contribution >= 0.6 is 15.9 Å². The quantitative estimate of drug-likeness (QED) is 0.889. The van der Waals surface area contributed by atoms with Gasteiger partial charge in [-0.25, -0.2) is 0 Å². The SMILES string of the molecule is CC(C)(C)CCN1CCN(C(=O)c2ccc(Br)cc2O)CC1. The number of halogens is 1. The average molecular weight is 369 g/mol. The van der Waals surface area contributed by atoms with Crippen LogP contribution in [0.15, 0.2) is 22.7 Å². The molecule has 5 heteroatoms. The second-order valence-corrected chi connectivity index (χ2v) is 8.02. The summed E-state index contributed by atoms with van der Waals surface area (Å²) in [5, 5.41) is 9.93. The van der Waals surface area contributed by atoms with Crippen LogP contribution < -0.4 is 0 Å². The Hall–Kier alpha value is -1.07. The highest BCUT2D eigenvalue weighted by atomic mass is 79.9. The monoisotopic (exact) mass is 368 g/mol. The third-order valence-corrected chi connectivity index (χ3v) is 4.52. The lowest BCUT2D eigenvalue weighted by Crippen LogP contribution is -2.49. The number of phenolic OH excluding ortho intramolecular Hbond substituents is 1. The molecular formula is C17H25BrN2O2. The Morgan fingerprint density at radius 3 is 2.41 bits per heavy atom. The number of hydrogen-bond acceptors (Lipinski definition) is 3. The number of benzene rings is 1. The van der Waals surface area contributed by atoms with E-state index in [-0.39, 0.29) is 11.7 Å². The first kappa shape index (κ1) is 17.3. The fourth-order valence-corrected chi connectivity index (χ4v) is 2.87. The molecule has 0 unspecified atom stereocenters. The van der Waals surface area contributed by atoms with Crippen LogP contribution in [0.3, 0.4) is 0 Å². The second-order valence-electron chi connectivity index (χ2n) is 7.11. The largest absolute Gasteiger partial charge is 0.507 e. The Morgan fingerprint density at radius 1 is 1.23 bits per heavy atom. The molecule has 0 aromatic heterocycles. The third-order valence-electron chi connectivity index (χ3n) is 4.03. The predicted octanol–water partition coefficient (Wildman–Crippen LogP) is 3.35. The lowest BCUT2D eigenvalue weighted by Gasteiger charge is -2.36. The molecule has 1 aliphatic rings. The lowest BCUT2D eigenvalue weighted by molar-refractivity contribution is 0.0620. The van der Waals surface area contributed by atoms with Crippen molar-refractivity contribution in [1.82, 2.24) is 9.80 Å². The number of piperazine rings is 1. The van der Waals surface area contributed by atoms with Crippen molar-refractivity contribution in [2.24, 2.45) is 5.41 Å². The van der Waals surface area contributed by atoms with E-state index in [1.165, 1.54) is 0 Å². The number of carbonyl (C=O) groups is 1. The van der Waals surface area contributed by atoms with Crippen LogP contribution in [0.1, 0.15) is 37.6 Å². The van der Waals surface area contributed by atoms with Gasteiger partial charge in [0.05, 0.1) is 5.56 Å². The summed E-state index contributed by atoms with van der Waals surface area (Å²) in [7, 11) is 0. The maximum absolute atomic E-state index is 12.5. The fraction of sp³-hybridized carbons (Fsp3) is 0.588. The Kier molecular flexibility index (Phi) is 5.50. The van der Waals surface area contributed by atoms with E-state index in [1.807, 2.05) is 4.90 Å². The zero-order chi connectivity index (χ0) is 16.3. The van der Waals surface area contributed by atoms with E-state index >= 15 is 0 Å². The van der Waals surface area contributed by atoms with Gasteiger partial charge in [0.15, 0.2) is 0 Å². The molecule has 0 aliphatic carbocycles. The fourth-order valence-electron chi connectivity index (χ4n) is 2.52. The normalized spacial score (nSPS) is 16.8. The third kappa shape index (κ3) is 4.71. The van der Waals surface area contributed by atoms with Crippen molar-refractivity contribution >= 4 is 21.8 Å². The van der Waals surface area contributed by atoms with E-state index in [0.29, 0.717) is 11.0 Å². The van der Waals surface area contributed by atoms with E-state index in [9.17, 15) is 9.90 Å². The summed E-state index contributed by atoms with van der Waals surface area (Å²) in [6, 6.07) is 5.02. The molecule has 1 fully saturated rings. The molecule has 1 N–H and O–H groups in total. The first-order valence-electron chi connectivity index (χ1n) is 7.76. The van der Waals surface area contributed by atoms with Crippen LogP contribution in [-0.4, -0.2) is 53.5 Å². The smallest absolute Gasteiger partial charge is 0.257 e. The number of aromatic hydroxyl groups is 1. The summed E-state index contributed by atoms with van der Waals surface area (Å²) in [6.45, 7) is 11.1. The Balaban J connectivity index is 1.90. The van der Waals surface area contributed by atoms with E-state index in [4.69, 9.17) is 0 Å². The number of nitrogens with zero attached hydrogens (tertiary/aromatic N) is 2. The van der Waals surface area contributed by atoms with Gasteiger partial charge >= 0.3 is 0 Å². The van der Waals surface area contributed by atoms with Gasteiger partial charge in [0.2, 0.25) is 0 Å². The summed E-state index contributed by atoms with van der Waals surface area (Å²) >= 11 is 3.29. The standard InChI is InChI=1S/C17H25BrN2O2/c1-17(2,3)6-7-19-8-10-20(11-9-19)16(22)14-5-4-13(18)12-15(14)21/h4-5,12,21H,6-11H2,1-3H3. The molecular weight excluding hydrogens is 344 g/mol. The average Bonchev–Trinajstić information content (AvgIpc) is 2.44. The van der Waals surface area contributed by atoms with Crippen molar-refractivity contribution in [2.45, 2.75) is 27.2 Å². The minimum absolute atomic E-state index is 0.0366. The molecule has 0 bridgehead atoms. The molecule has 4 nitrogen and oxygen atoms in total. The molecule has 0 spiro atoms. The molecule has 1 heterocycles. The van der Waals surface area contributed by atoms with Crippen molar-refractivity contribution in [2.75, 3.05) is 32.7 Å². The van der Waals surface area contributed by atoms with E-state index in [1.54, 1.807) is 18.2 Å². The summed E-state index contributed by atoms with van der Waals surface area (Å²) in [6.07, 6.45) is 1.16. The molecule has 2 rings (SSSR count). The number of phenols is 1. The minimum Gasteiger partial charge on any atom is -0.507 e. The van der Waals surface area contributed by atoms with Crippen LogP contribution in [-0.2, 0) is 0 Å². The van der Waals surface area contributed by atoms with Gasteiger partial charge in [0.1, 0.15) is 5.75 Å². The molecule has 1 amide bonds. The number of amides is 1. The zero-order valence-electron chi connectivity index (χ0n) is 13.6. The molecule has 0 radical (unpaired) electrons. The van der Waals surface area contributed by atoms with Crippen molar-refractivity contribution in [3.8, 4) is 5.75 Å². The van der Waals surface area contributed by atoms with Crippen molar-refractivity contribution in [3.63, 3.8) is 0 Å². The van der Waals surface area contributed by atoms with Crippen LogP contribution in [0.2, 0.25) is 0 Å². The van der Waals surface area contributed by atoms with Gasteiger partial charge in [0, 0.05) is 30.7 Å². The molecule has 1 aromatic rings. The number of rotatable bonds is 3. The maximum Gasteiger partial charge on any atom is 0.257 e. The van der Waals surface area contributed by atoms with E-state index < -0.39 is 0 Å². The number of carbonyl (C=O) groups excluding carboxylic acids is 1. The molecule has 0 saturated carbocycles. The molecule has 122 valence electrons. The van der Waals surface area contributed by atoms with Crippen LogP contribution in [0.25, 0.3) is 0 Å². The Labute approximate surface area is 141 Å². The maximum atomic E-state index is 12.5.